The number of halogens is 1. The number of rotatable bonds is 3. The Kier molecular flexibility index (Phi) is 3.56. The zero-order valence-electron chi connectivity index (χ0n) is 12.2. The standard InChI is InChI=1S/C16H19BrN2O2/c1-10-14(20)19(9-11-5-3-4-6-13(11)17)16(2,12-7-8-12)15(21)18-10/h3-6,10,12H,7-9H2,1-2H3,(H,18,21). The minimum atomic E-state index is -0.723. The first-order valence-corrected chi connectivity index (χ1v) is 8.09. The van der Waals surface area contributed by atoms with E-state index >= 15 is 0 Å². The van der Waals surface area contributed by atoms with Gasteiger partial charge in [-0.3, -0.25) is 9.59 Å². The fourth-order valence-electron chi connectivity index (χ4n) is 3.08. The number of carbonyl (C=O) groups excluding carboxylic acids is 2. The Morgan fingerprint density at radius 2 is 2.00 bits per heavy atom. The van der Waals surface area contributed by atoms with Gasteiger partial charge < -0.3 is 10.2 Å². The van der Waals surface area contributed by atoms with Gasteiger partial charge in [0.15, 0.2) is 0 Å². The van der Waals surface area contributed by atoms with E-state index in [-0.39, 0.29) is 17.7 Å². The molecule has 4 nitrogen and oxygen atoms in total. The number of piperazine rings is 1. The van der Waals surface area contributed by atoms with Crippen molar-refractivity contribution in [3.63, 3.8) is 0 Å². The number of benzene rings is 1. The molecule has 2 unspecified atom stereocenters. The molecule has 1 aliphatic heterocycles. The normalized spacial score (nSPS) is 29.5. The maximum Gasteiger partial charge on any atom is 0.246 e. The van der Waals surface area contributed by atoms with E-state index < -0.39 is 11.6 Å². The van der Waals surface area contributed by atoms with E-state index in [1.54, 1.807) is 11.8 Å². The Labute approximate surface area is 133 Å². The van der Waals surface area contributed by atoms with E-state index in [0.29, 0.717) is 6.54 Å². The first kappa shape index (κ1) is 14.6. The molecule has 1 N–H and O–H groups in total. The van der Waals surface area contributed by atoms with Gasteiger partial charge in [0, 0.05) is 11.0 Å². The van der Waals surface area contributed by atoms with Crippen molar-refractivity contribution >= 4 is 27.7 Å². The quantitative estimate of drug-likeness (QED) is 0.910. The van der Waals surface area contributed by atoms with Crippen LogP contribution in [-0.2, 0) is 16.1 Å². The second kappa shape index (κ2) is 5.13. The van der Waals surface area contributed by atoms with Crippen molar-refractivity contribution in [3.05, 3.63) is 34.3 Å². The second-order valence-electron chi connectivity index (χ2n) is 6.13. The third-order valence-electron chi connectivity index (χ3n) is 4.66. The number of carbonyl (C=O) groups is 2. The molecule has 2 amide bonds. The van der Waals surface area contributed by atoms with Crippen LogP contribution in [0.3, 0.4) is 0 Å². The molecule has 0 spiro atoms. The molecule has 2 aliphatic rings. The minimum Gasteiger partial charge on any atom is -0.343 e. The summed E-state index contributed by atoms with van der Waals surface area (Å²) >= 11 is 3.52. The summed E-state index contributed by atoms with van der Waals surface area (Å²) in [6, 6.07) is 7.39. The topological polar surface area (TPSA) is 49.4 Å². The first-order chi connectivity index (χ1) is 9.94. The van der Waals surface area contributed by atoms with Crippen molar-refractivity contribution in [1.82, 2.24) is 10.2 Å². The zero-order chi connectivity index (χ0) is 15.2. The molecule has 2 fully saturated rings. The van der Waals surface area contributed by atoms with Crippen LogP contribution in [0.5, 0.6) is 0 Å². The number of hydrogen-bond donors (Lipinski definition) is 1. The fraction of sp³-hybridized carbons (Fsp3) is 0.500. The van der Waals surface area contributed by atoms with Crippen molar-refractivity contribution in [2.45, 2.75) is 44.8 Å². The number of nitrogens with zero attached hydrogens (tertiary/aromatic N) is 1. The van der Waals surface area contributed by atoms with Crippen LogP contribution in [0.15, 0.2) is 28.7 Å². The molecule has 0 aromatic heterocycles. The van der Waals surface area contributed by atoms with E-state index in [1.807, 2.05) is 31.2 Å². The number of hydrogen-bond acceptors (Lipinski definition) is 2. The summed E-state index contributed by atoms with van der Waals surface area (Å²) in [7, 11) is 0. The average Bonchev–Trinajstić information content (AvgIpc) is 3.28. The van der Waals surface area contributed by atoms with Crippen molar-refractivity contribution in [3.8, 4) is 0 Å². The smallest absolute Gasteiger partial charge is 0.246 e. The molecular weight excluding hydrogens is 332 g/mol. The van der Waals surface area contributed by atoms with Crippen molar-refractivity contribution < 1.29 is 9.59 Å². The van der Waals surface area contributed by atoms with Crippen LogP contribution in [0.25, 0.3) is 0 Å². The molecule has 2 atom stereocenters. The van der Waals surface area contributed by atoms with E-state index in [0.717, 1.165) is 22.9 Å². The summed E-state index contributed by atoms with van der Waals surface area (Å²) in [5.74, 6) is 0.250. The average molecular weight is 351 g/mol. The van der Waals surface area contributed by atoms with Gasteiger partial charge in [-0.2, -0.15) is 0 Å². The van der Waals surface area contributed by atoms with Crippen LogP contribution in [0.4, 0.5) is 0 Å². The molecule has 1 aromatic rings. The minimum absolute atomic E-state index is 0.000229. The van der Waals surface area contributed by atoms with Gasteiger partial charge in [-0.1, -0.05) is 34.1 Å². The molecule has 1 saturated carbocycles. The highest BCUT2D eigenvalue weighted by Gasteiger charge is 2.56. The Morgan fingerprint density at radius 1 is 1.33 bits per heavy atom. The third kappa shape index (κ3) is 2.37. The maximum atomic E-state index is 12.6. The molecule has 112 valence electrons. The van der Waals surface area contributed by atoms with Crippen molar-refractivity contribution in [2.24, 2.45) is 5.92 Å². The van der Waals surface area contributed by atoms with Crippen molar-refractivity contribution in [2.75, 3.05) is 0 Å². The van der Waals surface area contributed by atoms with Gasteiger partial charge in [0.05, 0.1) is 0 Å². The number of nitrogens with one attached hydrogen (secondary N) is 1. The Morgan fingerprint density at radius 3 is 2.62 bits per heavy atom. The summed E-state index contributed by atoms with van der Waals surface area (Å²) in [4.78, 5) is 26.9. The van der Waals surface area contributed by atoms with Gasteiger partial charge in [0.1, 0.15) is 11.6 Å². The maximum absolute atomic E-state index is 12.6. The Hall–Kier alpha value is -1.36. The lowest BCUT2D eigenvalue weighted by Gasteiger charge is -2.46. The Bertz CT molecular complexity index is 600. The molecule has 5 heteroatoms. The van der Waals surface area contributed by atoms with Gasteiger partial charge in [-0.05, 0) is 44.2 Å². The monoisotopic (exact) mass is 350 g/mol. The summed E-state index contributed by atoms with van der Waals surface area (Å²) in [6.45, 7) is 4.12. The molecule has 21 heavy (non-hydrogen) atoms. The second-order valence-corrected chi connectivity index (χ2v) is 6.99. The number of amides is 2. The summed E-state index contributed by atoms with van der Waals surface area (Å²) in [5, 5.41) is 2.83. The van der Waals surface area contributed by atoms with Crippen LogP contribution in [0.2, 0.25) is 0 Å². The molecular formula is C16H19BrN2O2. The summed E-state index contributed by atoms with van der Waals surface area (Å²) < 4.78 is 0.967. The largest absolute Gasteiger partial charge is 0.343 e. The summed E-state index contributed by atoms with van der Waals surface area (Å²) in [6.07, 6.45) is 2.02. The van der Waals surface area contributed by atoms with Crippen LogP contribution in [-0.4, -0.2) is 28.3 Å². The molecule has 1 aromatic carbocycles. The van der Waals surface area contributed by atoms with E-state index in [2.05, 4.69) is 21.2 Å². The molecule has 0 bridgehead atoms. The highest BCUT2D eigenvalue weighted by atomic mass is 79.9. The van der Waals surface area contributed by atoms with Crippen LogP contribution in [0.1, 0.15) is 32.3 Å². The molecule has 1 aliphatic carbocycles. The van der Waals surface area contributed by atoms with Gasteiger partial charge >= 0.3 is 0 Å². The van der Waals surface area contributed by atoms with Crippen LogP contribution in [0, 0.1) is 5.92 Å². The van der Waals surface area contributed by atoms with Gasteiger partial charge in [0.25, 0.3) is 0 Å². The fourth-order valence-corrected chi connectivity index (χ4v) is 3.49. The van der Waals surface area contributed by atoms with Gasteiger partial charge in [-0.25, -0.2) is 0 Å². The SMILES string of the molecule is CC1NC(=O)C(C)(C2CC2)N(Cc2ccccc2Br)C1=O. The highest BCUT2D eigenvalue weighted by Crippen LogP contribution is 2.45. The predicted molar refractivity (Wildman–Crippen MR) is 83.4 cm³/mol. The van der Waals surface area contributed by atoms with E-state index in [4.69, 9.17) is 0 Å². The Balaban J connectivity index is 1.97. The van der Waals surface area contributed by atoms with Gasteiger partial charge in [0.2, 0.25) is 11.8 Å². The first-order valence-electron chi connectivity index (χ1n) is 7.30. The lowest BCUT2D eigenvalue weighted by molar-refractivity contribution is -0.158. The lowest BCUT2D eigenvalue weighted by Crippen LogP contribution is -2.69. The molecule has 3 rings (SSSR count). The highest BCUT2D eigenvalue weighted by molar-refractivity contribution is 9.10. The molecule has 1 heterocycles. The van der Waals surface area contributed by atoms with Gasteiger partial charge in [-0.15, -0.1) is 0 Å². The predicted octanol–water partition coefficient (Wildman–Crippen LogP) is 2.46. The third-order valence-corrected chi connectivity index (χ3v) is 5.44. The van der Waals surface area contributed by atoms with Crippen LogP contribution < -0.4 is 5.32 Å². The molecule has 0 radical (unpaired) electrons. The van der Waals surface area contributed by atoms with Crippen molar-refractivity contribution in [1.29, 1.82) is 0 Å². The molecule has 1 saturated heterocycles. The zero-order valence-corrected chi connectivity index (χ0v) is 13.8. The lowest BCUT2D eigenvalue weighted by atomic mass is 9.88. The van der Waals surface area contributed by atoms with E-state index in [9.17, 15) is 9.59 Å². The summed E-state index contributed by atoms with van der Waals surface area (Å²) in [5.41, 5.74) is 0.304. The van der Waals surface area contributed by atoms with Crippen LogP contribution >= 0.6 is 15.9 Å². The van der Waals surface area contributed by atoms with E-state index in [1.165, 1.54) is 0 Å².